The summed E-state index contributed by atoms with van der Waals surface area (Å²) in [6.07, 6.45) is 0. The second kappa shape index (κ2) is 9.72. The predicted octanol–water partition coefficient (Wildman–Crippen LogP) is 4.36. The summed E-state index contributed by atoms with van der Waals surface area (Å²) in [5, 5.41) is 16.2. The predicted molar refractivity (Wildman–Crippen MR) is 118 cm³/mol. The highest BCUT2D eigenvalue weighted by molar-refractivity contribution is 7.80. The lowest BCUT2D eigenvalue weighted by molar-refractivity contribution is -0.139. The van der Waals surface area contributed by atoms with Gasteiger partial charge in [-0.25, -0.2) is 4.79 Å². The number of para-hydroxylation sites is 1. The van der Waals surface area contributed by atoms with Crippen molar-refractivity contribution in [2.45, 2.75) is 19.8 Å². The van der Waals surface area contributed by atoms with E-state index in [-0.39, 0.29) is 23.2 Å². The molecule has 1 atom stereocenters. The van der Waals surface area contributed by atoms with Gasteiger partial charge in [0.15, 0.2) is 5.11 Å². The molecular weight excluding hydrogens is 398 g/mol. The minimum atomic E-state index is -0.633. The van der Waals surface area contributed by atoms with Gasteiger partial charge in [-0.05, 0) is 43.8 Å². The second-order valence-electron chi connectivity index (χ2n) is 6.44. The molecule has 0 saturated heterocycles. The zero-order chi connectivity index (χ0) is 21.5. The SMILES string of the molecule is CCOC(=O)C1=C(C)OC(NC(=S)Nc2ccccc2)=C(C#N)C1c1ccccc1. The number of esters is 1. The maximum absolute atomic E-state index is 12.7. The lowest BCUT2D eigenvalue weighted by atomic mass is 9.83. The molecule has 0 amide bonds. The number of nitriles is 1. The molecule has 152 valence electrons. The van der Waals surface area contributed by atoms with Gasteiger partial charge in [0, 0.05) is 5.69 Å². The number of thiocarbonyl (C=S) groups is 1. The first-order valence-electron chi connectivity index (χ1n) is 9.43. The molecule has 0 aliphatic carbocycles. The number of carbonyl (C=O) groups excluding carboxylic acids is 1. The van der Waals surface area contributed by atoms with E-state index in [4.69, 9.17) is 21.7 Å². The van der Waals surface area contributed by atoms with Gasteiger partial charge in [-0.3, -0.25) is 0 Å². The van der Waals surface area contributed by atoms with Crippen LogP contribution >= 0.6 is 12.2 Å². The minimum Gasteiger partial charge on any atom is -0.463 e. The van der Waals surface area contributed by atoms with Crippen molar-refractivity contribution in [2.24, 2.45) is 0 Å². The Labute approximate surface area is 180 Å². The molecule has 1 aliphatic heterocycles. The summed E-state index contributed by atoms with van der Waals surface area (Å²) in [5.74, 6) is -0.608. The molecular formula is C23H21N3O3S. The average molecular weight is 420 g/mol. The quantitative estimate of drug-likeness (QED) is 0.550. The van der Waals surface area contributed by atoms with Crippen molar-refractivity contribution in [3.8, 4) is 6.07 Å². The first kappa shape index (κ1) is 21.1. The van der Waals surface area contributed by atoms with E-state index in [9.17, 15) is 10.1 Å². The highest BCUT2D eigenvalue weighted by atomic mass is 32.1. The third-order valence-electron chi connectivity index (χ3n) is 4.46. The Hall–Kier alpha value is -3.63. The van der Waals surface area contributed by atoms with E-state index in [0.29, 0.717) is 11.3 Å². The van der Waals surface area contributed by atoms with Crippen molar-refractivity contribution in [2.75, 3.05) is 11.9 Å². The van der Waals surface area contributed by atoms with Crippen LogP contribution in [0.1, 0.15) is 25.3 Å². The fourth-order valence-electron chi connectivity index (χ4n) is 3.19. The summed E-state index contributed by atoms with van der Waals surface area (Å²) in [7, 11) is 0. The molecule has 2 N–H and O–H groups in total. The molecule has 30 heavy (non-hydrogen) atoms. The van der Waals surface area contributed by atoms with Gasteiger partial charge in [-0.1, -0.05) is 48.5 Å². The van der Waals surface area contributed by atoms with Gasteiger partial charge in [0.25, 0.3) is 0 Å². The first-order chi connectivity index (χ1) is 14.5. The number of allylic oxidation sites excluding steroid dienone is 2. The van der Waals surface area contributed by atoms with Crippen molar-refractivity contribution in [3.63, 3.8) is 0 Å². The molecule has 1 aliphatic rings. The summed E-state index contributed by atoms with van der Waals surface area (Å²) >= 11 is 5.38. The zero-order valence-corrected chi connectivity index (χ0v) is 17.5. The summed E-state index contributed by atoms with van der Waals surface area (Å²) in [5.41, 5.74) is 2.11. The number of hydrogen-bond acceptors (Lipinski definition) is 5. The summed E-state index contributed by atoms with van der Waals surface area (Å²) in [6.45, 7) is 3.63. The van der Waals surface area contributed by atoms with Crippen LogP contribution in [-0.4, -0.2) is 17.7 Å². The number of nitrogens with zero attached hydrogens (tertiary/aromatic N) is 1. The van der Waals surface area contributed by atoms with E-state index in [1.165, 1.54) is 0 Å². The third kappa shape index (κ3) is 4.67. The molecule has 2 aromatic carbocycles. The number of anilines is 1. The molecule has 0 aromatic heterocycles. The molecule has 1 unspecified atom stereocenters. The van der Waals surface area contributed by atoms with Gasteiger partial charge in [0.1, 0.15) is 17.4 Å². The van der Waals surface area contributed by atoms with Crippen LogP contribution < -0.4 is 10.6 Å². The normalized spacial score (nSPS) is 15.7. The Kier molecular flexibility index (Phi) is 6.83. The minimum absolute atomic E-state index is 0.185. The van der Waals surface area contributed by atoms with E-state index in [0.717, 1.165) is 11.3 Å². The number of benzene rings is 2. The molecule has 2 aromatic rings. The van der Waals surface area contributed by atoms with E-state index in [1.807, 2.05) is 60.7 Å². The van der Waals surface area contributed by atoms with E-state index in [2.05, 4.69) is 16.7 Å². The van der Waals surface area contributed by atoms with Crippen LogP contribution in [0, 0.1) is 11.3 Å². The van der Waals surface area contributed by atoms with Crippen molar-refractivity contribution < 1.29 is 14.3 Å². The Morgan fingerprint density at radius 2 is 1.77 bits per heavy atom. The monoisotopic (exact) mass is 419 g/mol. The van der Waals surface area contributed by atoms with Gasteiger partial charge in [-0.15, -0.1) is 0 Å². The highest BCUT2D eigenvalue weighted by Crippen LogP contribution is 2.40. The van der Waals surface area contributed by atoms with Gasteiger partial charge >= 0.3 is 5.97 Å². The molecule has 6 nitrogen and oxygen atoms in total. The third-order valence-corrected chi connectivity index (χ3v) is 4.67. The molecule has 0 spiro atoms. The van der Waals surface area contributed by atoms with Crippen LogP contribution in [0.5, 0.6) is 0 Å². The number of ether oxygens (including phenoxy) is 2. The van der Waals surface area contributed by atoms with Crippen LogP contribution in [0.4, 0.5) is 5.69 Å². The molecule has 0 bridgehead atoms. The van der Waals surface area contributed by atoms with Crippen LogP contribution in [0.3, 0.4) is 0 Å². The molecule has 0 fully saturated rings. The summed E-state index contributed by atoms with van der Waals surface area (Å²) in [4.78, 5) is 12.7. The summed E-state index contributed by atoms with van der Waals surface area (Å²) in [6, 6.07) is 20.9. The Morgan fingerprint density at radius 1 is 1.13 bits per heavy atom. The van der Waals surface area contributed by atoms with Crippen molar-refractivity contribution >= 4 is 29.0 Å². The smallest absolute Gasteiger partial charge is 0.338 e. The van der Waals surface area contributed by atoms with Crippen LogP contribution in [0.25, 0.3) is 0 Å². The number of rotatable bonds is 5. The number of carbonyl (C=O) groups is 1. The zero-order valence-electron chi connectivity index (χ0n) is 16.6. The fraction of sp³-hybridized carbons (Fsp3) is 0.174. The van der Waals surface area contributed by atoms with Crippen LogP contribution in [0.2, 0.25) is 0 Å². The number of hydrogen-bond donors (Lipinski definition) is 2. The Morgan fingerprint density at radius 3 is 2.37 bits per heavy atom. The molecule has 1 heterocycles. The van der Waals surface area contributed by atoms with E-state index < -0.39 is 11.9 Å². The van der Waals surface area contributed by atoms with Crippen molar-refractivity contribution in [3.05, 3.63) is 89.0 Å². The molecule has 0 saturated carbocycles. The highest BCUT2D eigenvalue weighted by Gasteiger charge is 2.37. The maximum Gasteiger partial charge on any atom is 0.338 e. The lowest BCUT2D eigenvalue weighted by Gasteiger charge is -2.28. The maximum atomic E-state index is 12.7. The average Bonchev–Trinajstić information content (AvgIpc) is 2.74. The molecule has 7 heteroatoms. The fourth-order valence-corrected chi connectivity index (χ4v) is 3.40. The second-order valence-corrected chi connectivity index (χ2v) is 6.84. The standard InChI is InChI=1S/C23H21N3O3S/c1-3-28-22(27)19-15(2)29-21(26-23(30)25-17-12-8-5-9-13-17)18(14-24)20(19)16-10-6-4-7-11-16/h4-13,20H,3H2,1-2H3,(H2,25,26,30). The van der Waals surface area contributed by atoms with Gasteiger partial charge in [0.05, 0.1) is 18.1 Å². The van der Waals surface area contributed by atoms with Crippen LogP contribution in [-0.2, 0) is 14.3 Å². The number of nitrogens with one attached hydrogen (secondary N) is 2. The largest absolute Gasteiger partial charge is 0.463 e. The lowest BCUT2D eigenvalue weighted by Crippen LogP contribution is -2.33. The van der Waals surface area contributed by atoms with E-state index in [1.54, 1.807) is 13.8 Å². The Bertz CT molecular complexity index is 1040. The van der Waals surface area contributed by atoms with Crippen LogP contribution in [0.15, 0.2) is 83.5 Å². The Balaban J connectivity index is 1.97. The van der Waals surface area contributed by atoms with Gasteiger partial charge in [0.2, 0.25) is 5.88 Å². The van der Waals surface area contributed by atoms with Gasteiger partial charge in [-0.2, -0.15) is 5.26 Å². The first-order valence-corrected chi connectivity index (χ1v) is 9.84. The van der Waals surface area contributed by atoms with Gasteiger partial charge < -0.3 is 20.1 Å². The van der Waals surface area contributed by atoms with E-state index >= 15 is 0 Å². The van der Waals surface area contributed by atoms with Crippen molar-refractivity contribution in [1.29, 1.82) is 5.26 Å². The topological polar surface area (TPSA) is 83.4 Å². The summed E-state index contributed by atoms with van der Waals surface area (Å²) < 4.78 is 11.1. The molecule has 0 radical (unpaired) electrons. The molecule has 3 rings (SSSR count). The van der Waals surface area contributed by atoms with Crippen molar-refractivity contribution in [1.82, 2.24) is 5.32 Å².